The second-order valence-electron chi connectivity index (χ2n) is 1.22. The first-order valence-corrected chi connectivity index (χ1v) is 2.28. The molecule has 0 radical (unpaired) electrons. The minimum absolute atomic E-state index is 0. The van der Waals surface area contributed by atoms with Gasteiger partial charge in [0, 0.05) is 0 Å². The molecule has 11 heavy (non-hydrogen) atoms. The summed E-state index contributed by atoms with van der Waals surface area (Å²) in [4.78, 5) is 22.7. The predicted octanol–water partition coefficient (Wildman–Crippen LogP) is -0.388. The summed E-state index contributed by atoms with van der Waals surface area (Å²) in [5.74, 6) is 0. The first-order chi connectivity index (χ1) is 4.63. The Hall–Kier alpha value is -1.60. The van der Waals surface area contributed by atoms with Gasteiger partial charge in [0.2, 0.25) is 0 Å². The van der Waals surface area contributed by atoms with Crippen molar-refractivity contribution >= 4 is 0 Å². The van der Waals surface area contributed by atoms with Crippen LogP contribution in [0.3, 0.4) is 0 Å². The van der Waals surface area contributed by atoms with Crippen LogP contribution in [0.25, 0.3) is 0 Å². The zero-order chi connectivity index (χ0) is 7.98. The van der Waals surface area contributed by atoms with E-state index in [0.29, 0.717) is 0 Å². The van der Waals surface area contributed by atoms with Gasteiger partial charge in [-0.2, -0.15) is 0 Å². The molecule has 0 fully saturated rings. The third kappa shape index (κ3) is 11.8. The van der Waals surface area contributed by atoms with Crippen LogP contribution in [0, 0.1) is 20.2 Å². The molecule has 0 amide bonds. The summed E-state index contributed by atoms with van der Waals surface area (Å²) in [6.45, 7) is -0.512. The lowest BCUT2D eigenvalue weighted by Crippen LogP contribution is -2.26. The molecule has 0 rings (SSSR count). The van der Waals surface area contributed by atoms with E-state index >= 15 is 0 Å². The van der Waals surface area contributed by atoms with Gasteiger partial charge in [-0.1, -0.05) is 7.43 Å². The minimum Gasteiger partial charge on any atom is -0.312 e. The van der Waals surface area contributed by atoms with Crippen LogP contribution in [0.4, 0.5) is 0 Å². The van der Waals surface area contributed by atoms with E-state index in [2.05, 4.69) is 4.84 Å². The Bertz CT molecular complexity index is 121. The van der Waals surface area contributed by atoms with Gasteiger partial charge in [-0.15, -0.1) is 15.5 Å². The highest BCUT2D eigenvalue weighted by Crippen LogP contribution is 1.71. The lowest BCUT2D eigenvalue weighted by Gasteiger charge is -1.94. The number of rotatable bonds is 5. The first-order valence-electron chi connectivity index (χ1n) is 2.28. The Labute approximate surface area is 62.4 Å². The number of nitro groups is 1. The van der Waals surface area contributed by atoms with Crippen LogP contribution >= 0.6 is 0 Å². The fraction of sp³-hybridized carbons (Fsp3) is 1.00. The molecule has 0 aliphatic carbocycles. The summed E-state index contributed by atoms with van der Waals surface area (Å²) in [6.07, 6.45) is 0. The van der Waals surface area contributed by atoms with Crippen molar-refractivity contribution in [2.24, 2.45) is 0 Å². The number of nitrogens with one attached hydrogen (secondary N) is 1. The molecule has 0 bridgehead atoms. The summed E-state index contributed by atoms with van der Waals surface area (Å²) < 4.78 is 0. The molecule has 0 aromatic heterocycles. The molecule has 8 heteroatoms. The third-order valence-corrected chi connectivity index (χ3v) is 0.540. The highest BCUT2D eigenvalue weighted by molar-refractivity contribution is 4.25. The van der Waals surface area contributed by atoms with Crippen LogP contribution < -0.4 is 5.43 Å². The second-order valence-corrected chi connectivity index (χ2v) is 1.22. The van der Waals surface area contributed by atoms with E-state index in [9.17, 15) is 20.2 Å². The molecule has 66 valence electrons. The molecule has 0 saturated carbocycles. The molecule has 0 aliphatic rings. The van der Waals surface area contributed by atoms with Gasteiger partial charge in [-0.3, -0.25) is 0 Å². The summed E-state index contributed by atoms with van der Waals surface area (Å²) in [6, 6.07) is 0. The molecular formula is C3H9N3O5. The Morgan fingerprint density at radius 1 is 1.36 bits per heavy atom. The van der Waals surface area contributed by atoms with Crippen LogP contribution in [0.15, 0.2) is 0 Å². The number of nitrogens with zero attached hydrogens (tertiary/aromatic N) is 2. The topological polar surface area (TPSA) is 108 Å². The maximum absolute atomic E-state index is 9.51. The Kier molecular flexibility index (Phi) is 7.18. The van der Waals surface area contributed by atoms with Crippen molar-refractivity contribution in [3.05, 3.63) is 20.2 Å². The smallest absolute Gasteiger partial charge is 0.294 e. The van der Waals surface area contributed by atoms with Crippen LogP contribution in [-0.4, -0.2) is 23.3 Å². The van der Waals surface area contributed by atoms with Crippen LogP contribution in [0.2, 0.25) is 0 Å². The van der Waals surface area contributed by atoms with E-state index in [1.165, 1.54) is 0 Å². The highest BCUT2D eigenvalue weighted by atomic mass is 16.9. The fourth-order valence-electron chi connectivity index (χ4n) is 0.257. The van der Waals surface area contributed by atoms with E-state index in [1.54, 1.807) is 5.43 Å². The van der Waals surface area contributed by atoms with E-state index in [1.807, 2.05) is 0 Å². The van der Waals surface area contributed by atoms with Crippen molar-refractivity contribution < 1.29 is 15.0 Å². The second kappa shape index (κ2) is 6.52. The Balaban J connectivity index is 0. The van der Waals surface area contributed by atoms with E-state index < -0.39 is 10.1 Å². The van der Waals surface area contributed by atoms with Crippen LogP contribution in [0.5, 0.6) is 0 Å². The monoisotopic (exact) mass is 167 g/mol. The molecule has 1 N–H and O–H groups in total. The number of hydrazine groups is 1. The average Bonchev–Trinajstić information content (AvgIpc) is 1.79. The average molecular weight is 167 g/mol. The molecular weight excluding hydrogens is 158 g/mol. The quantitative estimate of drug-likeness (QED) is 0.339. The van der Waals surface area contributed by atoms with Gasteiger partial charge >= 0.3 is 0 Å². The molecule has 0 aliphatic heterocycles. The molecule has 0 atom stereocenters. The molecule has 0 heterocycles. The molecule has 0 saturated heterocycles. The Morgan fingerprint density at radius 2 is 1.91 bits per heavy atom. The maximum Gasteiger partial charge on any atom is 0.294 e. The highest BCUT2D eigenvalue weighted by Gasteiger charge is 1.96. The predicted molar refractivity (Wildman–Crippen MR) is 34.7 cm³/mol. The van der Waals surface area contributed by atoms with Crippen LogP contribution in [0.1, 0.15) is 7.43 Å². The zero-order valence-electron chi connectivity index (χ0n) is 4.85. The Morgan fingerprint density at radius 3 is 2.27 bits per heavy atom. The largest absolute Gasteiger partial charge is 0.312 e. The van der Waals surface area contributed by atoms with Gasteiger partial charge in [0.1, 0.15) is 6.61 Å². The molecule has 0 aromatic carbocycles. The van der Waals surface area contributed by atoms with Gasteiger partial charge in [-0.25, -0.2) is 10.1 Å². The minimum atomic E-state index is -1.01. The van der Waals surface area contributed by atoms with Crippen LogP contribution in [-0.2, 0) is 4.84 Å². The summed E-state index contributed by atoms with van der Waals surface area (Å²) in [5, 5.41) is 17.1. The van der Waals surface area contributed by atoms with E-state index in [0.717, 1.165) is 0 Å². The molecule has 0 aromatic rings. The normalized spacial score (nSPS) is 7.64. The van der Waals surface area contributed by atoms with Crippen molar-refractivity contribution in [1.29, 1.82) is 0 Å². The molecule has 0 unspecified atom stereocenters. The maximum atomic E-state index is 9.51. The van der Waals surface area contributed by atoms with Gasteiger partial charge in [-0.05, 0) is 0 Å². The van der Waals surface area contributed by atoms with Crippen molar-refractivity contribution in [2.75, 3.05) is 13.2 Å². The van der Waals surface area contributed by atoms with E-state index in [4.69, 9.17) is 0 Å². The number of hydrogen-bond acceptors (Lipinski definition) is 5. The summed E-state index contributed by atoms with van der Waals surface area (Å²) >= 11 is 0. The lowest BCUT2D eigenvalue weighted by molar-refractivity contribution is -0.758. The van der Waals surface area contributed by atoms with Crippen molar-refractivity contribution in [3.63, 3.8) is 0 Å². The fourth-order valence-corrected chi connectivity index (χ4v) is 0.257. The van der Waals surface area contributed by atoms with E-state index in [-0.39, 0.29) is 20.6 Å². The lowest BCUT2D eigenvalue weighted by atomic mass is 10.7. The first kappa shape index (κ1) is 12.1. The number of hydrogen-bond donors (Lipinski definition) is 1. The van der Waals surface area contributed by atoms with Gasteiger partial charge in [0.05, 0.1) is 6.54 Å². The summed E-state index contributed by atoms with van der Waals surface area (Å²) in [7, 11) is 0. The SMILES string of the molecule is C.O=[N+]([O-])NCCO[N+](=O)[O-]. The van der Waals surface area contributed by atoms with Crippen molar-refractivity contribution in [1.82, 2.24) is 5.43 Å². The van der Waals surface area contributed by atoms with Crippen molar-refractivity contribution in [3.8, 4) is 0 Å². The molecule has 8 nitrogen and oxygen atoms in total. The molecule has 0 spiro atoms. The van der Waals surface area contributed by atoms with Gasteiger partial charge in [0.25, 0.3) is 5.09 Å². The van der Waals surface area contributed by atoms with Gasteiger partial charge in [0.15, 0.2) is 5.03 Å². The van der Waals surface area contributed by atoms with Gasteiger partial charge < -0.3 is 4.84 Å². The third-order valence-electron chi connectivity index (χ3n) is 0.540. The standard InChI is InChI=1S/C2H5N3O5.CH4/c6-4(7)3-1-2-10-5(8)9;/h3H,1-2H2;1H4. The summed E-state index contributed by atoms with van der Waals surface area (Å²) in [5.41, 5.74) is 1.69. The van der Waals surface area contributed by atoms with Crippen molar-refractivity contribution in [2.45, 2.75) is 7.43 Å². The zero-order valence-corrected chi connectivity index (χ0v) is 4.85.